The van der Waals surface area contributed by atoms with E-state index in [0.29, 0.717) is 5.92 Å². The molecule has 0 saturated heterocycles. The van der Waals surface area contributed by atoms with E-state index < -0.39 is 0 Å². The van der Waals surface area contributed by atoms with Crippen molar-refractivity contribution in [2.24, 2.45) is 5.92 Å². The van der Waals surface area contributed by atoms with Crippen molar-refractivity contribution < 1.29 is 5.11 Å². The number of nitrogens with zero attached hydrogens (tertiary/aromatic N) is 2. The monoisotopic (exact) mass is 280 g/mol. The fourth-order valence-electron chi connectivity index (χ4n) is 1.88. The van der Waals surface area contributed by atoms with Crippen LogP contribution in [0.2, 0.25) is 0 Å². The summed E-state index contributed by atoms with van der Waals surface area (Å²) in [5.41, 5.74) is 1.01. The molecule has 0 bridgehead atoms. The second-order valence-corrected chi connectivity index (χ2v) is 5.42. The predicted octanol–water partition coefficient (Wildman–Crippen LogP) is 2.60. The highest BCUT2D eigenvalue weighted by Crippen LogP contribution is 2.22. The zero-order valence-electron chi connectivity index (χ0n) is 13.3. The highest BCUT2D eigenvalue weighted by Gasteiger charge is 2.16. The quantitative estimate of drug-likeness (QED) is 0.683. The molecular formula is C15H28N4O. The van der Waals surface area contributed by atoms with Crippen LogP contribution in [0.1, 0.15) is 45.5 Å². The van der Waals surface area contributed by atoms with Gasteiger partial charge in [0.15, 0.2) is 0 Å². The van der Waals surface area contributed by atoms with Gasteiger partial charge in [-0.3, -0.25) is 0 Å². The lowest BCUT2D eigenvalue weighted by molar-refractivity contribution is 0.249. The maximum Gasteiger partial charge on any atom is 0.135 e. The summed E-state index contributed by atoms with van der Waals surface area (Å²) in [6.45, 7) is 11.3. The van der Waals surface area contributed by atoms with Crippen LogP contribution >= 0.6 is 0 Å². The summed E-state index contributed by atoms with van der Waals surface area (Å²) < 4.78 is 0. The maximum absolute atomic E-state index is 9.46. The largest absolute Gasteiger partial charge is 0.394 e. The van der Waals surface area contributed by atoms with Gasteiger partial charge in [-0.05, 0) is 19.3 Å². The van der Waals surface area contributed by atoms with Crippen LogP contribution in [0.25, 0.3) is 0 Å². The molecule has 114 valence electrons. The van der Waals surface area contributed by atoms with E-state index in [9.17, 15) is 5.11 Å². The number of nitrogens with one attached hydrogen (secondary N) is 2. The summed E-state index contributed by atoms with van der Waals surface area (Å²) >= 11 is 0. The Morgan fingerprint density at radius 2 is 1.80 bits per heavy atom. The third-order valence-corrected chi connectivity index (χ3v) is 3.37. The summed E-state index contributed by atoms with van der Waals surface area (Å²) in [5.74, 6) is 2.87. The van der Waals surface area contributed by atoms with E-state index in [0.717, 1.165) is 42.4 Å². The first-order valence-corrected chi connectivity index (χ1v) is 7.52. The van der Waals surface area contributed by atoms with E-state index in [2.05, 4.69) is 41.4 Å². The lowest BCUT2D eigenvalue weighted by Gasteiger charge is -2.23. The summed E-state index contributed by atoms with van der Waals surface area (Å²) in [6.07, 6.45) is 1.85. The highest BCUT2D eigenvalue weighted by atomic mass is 16.3. The van der Waals surface area contributed by atoms with E-state index in [1.807, 2.05) is 13.8 Å². The van der Waals surface area contributed by atoms with Crippen molar-refractivity contribution in [3.05, 3.63) is 11.4 Å². The molecule has 5 heteroatoms. The van der Waals surface area contributed by atoms with Crippen molar-refractivity contribution in [1.29, 1.82) is 0 Å². The van der Waals surface area contributed by atoms with Crippen LogP contribution in [0.4, 0.5) is 11.6 Å². The molecule has 0 aliphatic carbocycles. The number of hydrogen-bond acceptors (Lipinski definition) is 5. The molecule has 3 N–H and O–H groups in total. The highest BCUT2D eigenvalue weighted by molar-refractivity contribution is 5.57. The van der Waals surface area contributed by atoms with Crippen LogP contribution in [0, 0.1) is 12.8 Å². The smallest absolute Gasteiger partial charge is 0.135 e. The van der Waals surface area contributed by atoms with Crippen molar-refractivity contribution >= 4 is 11.6 Å². The van der Waals surface area contributed by atoms with Gasteiger partial charge in [-0.1, -0.05) is 27.7 Å². The predicted molar refractivity (Wildman–Crippen MR) is 84.3 cm³/mol. The molecule has 1 aromatic heterocycles. The van der Waals surface area contributed by atoms with Crippen LogP contribution in [0.5, 0.6) is 0 Å². The number of aryl methyl sites for hydroxylation is 1. The number of aromatic nitrogens is 2. The van der Waals surface area contributed by atoms with Gasteiger partial charge in [-0.2, -0.15) is 0 Å². The molecule has 0 aliphatic rings. The molecule has 1 unspecified atom stereocenters. The van der Waals surface area contributed by atoms with Gasteiger partial charge in [0.05, 0.1) is 12.6 Å². The Labute approximate surface area is 122 Å². The SMILES string of the molecule is CCCNc1nc(CC)nc(NC(CO)C(C)C)c1C. The van der Waals surface area contributed by atoms with E-state index in [1.165, 1.54) is 0 Å². The molecule has 0 spiro atoms. The molecule has 1 heterocycles. The van der Waals surface area contributed by atoms with Gasteiger partial charge >= 0.3 is 0 Å². The second kappa shape index (κ2) is 8.04. The average molecular weight is 280 g/mol. The van der Waals surface area contributed by atoms with Gasteiger partial charge in [-0.15, -0.1) is 0 Å². The van der Waals surface area contributed by atoms with Crippen LogP contribution in [0.15, 0.2) is 0 Å². The lowest BCUT2D eigenvalue weighted by Crippen LogP contribution is -2.30. The summed E-state index contributed by atoms with van der Waals surface area (Å²) in [7, 11) is 0. The first kappa shape index (κ1) is 16.7. The zero-order valence-corrected chi connectivity index (χ0v) is 13.3. The Morgan fingerprint density at radius 3 is 2.30 bits per heavy atom. The molecular weight excluding hydrogens is 252 g/mol. The van der Waals surface area contributed by atoms with E-state index in [4.69, 9.17) is 0 Å². The van der Waals surface area contributed by atoms with Crippen molar-refractivity contribution in [3.8, 4) is 0 Å². The van der Waals surface area contributed by atoms with Crippen LogP contribution in [-0.2, 0) is 6.42 Å². The molecule has 0 aromatic carbocycles. The molecule has 20 heavy (non-hydrogen) atoms. The molecule has 0 fully saturated rings. The van der Waals surface area contributed by atoms with Gasteiger partial charge < -0.3 is 15.7 Å². The molecule has 0 aliphatic heterocycles. The minimum atomic E-state index is 0.00679. The third-order valence-electron chi connectivity index (χ3n) is 3.37. The molecule has 1 aromatic rings. The summed E-state index contributed by atoms with van der Waals surface area (Å²) in [4.78, 5) is 9.10. The Hall–Kier alpha value is -1.36. The summed E-state index contributed by atoms with van der Waals surface area (Å²) in [5, 5.41) is 16.2. The van der Waals surface area contributed by atoms with Crippen molar-refractivity contribution in [3.63, 3.8) is 0 Å². The second-order valence-electron chi connectivity index (χ2n) is 5.42. The minimum absolute atomic E-state index is 0.00679. The first-order chi connectivity index (χ1) is 9.53. The molecule has 0 saturated carbocycles. The topological polar surface area (TPSA) is 70.1 Å². The Bertz CT molecular complexity index is 421. The van der Waals surface area contributed by atoms with Crippen molar-refractivity contribution in [2.45, 2.75) is 53.5 Å². The van der Waals surface area contributed by atoms with E-state index >= 15 is 0 Å². The Morgan fingerprint density at radius 1 is 1.15 bits per heavy atom. The Balaban J connectivity index is 3.04. The number of hydrogen-bond donors (Lipinski definition) is 3. The normalized spacial score (nSPS) is 12.6. The van der Waals surface area contributed by atoms with Crippen molar-refractivity contribution in [1.82, 2.24) is 9.97 Å². The fourth-order valence-corrected chi connectivity index (χ4v) is 1.88. The maximum atomic E-state index is 9.46. The summed E-state index contributed by atoms with van der Waals surface area (Å²) in [6, 6.07) is 0.00679. The third kappa shape index (κ3) is 4.34. The van der Waals surface area contributed by atoms with Gasteiger partial charge in [-0.25, -0.2) is 9.97 Å². The molecule has 0 radical (unpaired) electrons. The van der Waals surface area contributed by atoms with Gasteiger partial charge in [0, 0.05) is 18.5 Å². The van der Waals surface area contributed by atoms with Gasteiger partial charge in [0.25, 0.3) is 0 Å². The molecule has 1 rings (SSSR count). The van der Waals surface area contributed by atoms with Crippen LogP contribution in [-0.4, -0.2) is 34.3 Å². The number of anilines is 2. The van der Waals surface area contributed by atoms with Crippen molar-refractivity contribution in [2.75, 3.05) is 23.8 Å². The molecule has 5 nitrogen and oxygen atoms in total. The zero-order chi connectivity index (χ0) is 15.1. The minimum Gasteiger partial charge on any atom is -0.394 e. The van der Waals surface area contributed by atoms with Gasteiger partial charge in [0.2, 0.25) is 0 Å². The number of aliphatic hydroxyl groups is 1. The number of rotatable bonds is 8. The van der Waals surface area contributed by atoms with Crippen LogP contribution in [0.3, 0.4) is 0 Å². The van der Waals surface area contributed by atoms with E-state index in [1.54, 1.807) is 0 Å². The lowest BCUT2D eigenvalue weighted by atomic mass is 10.1. The Kier molecular flexibility index (Phi) is 6.71. The molecule has 1 atom stereocenters. The number of aliphatic hydroxyl groups excluding tert-OH is 1. The van der Waals surface area contributed by atoms with Crippen LogP contribution < -0.4 is 10.6 Å². The average Bonchev–Trinajstić information content (AvgIpc) is 2.44. The molecule has 0 amide bonds. The first-order valence-electron chi connectivity index (χ1n) is 7.52. The van der Waals surface area contributed by atoms with E-state index in [-0.39, 0.29) is 12.6 Å². The standard InChI is InChI=1S/C15H28N4O/c1-6-8-16-14-11(5)15(19-13(7-2)18-14)17-12(9-20)10(3)4/h10,12,20H,6-9H2,1-5H3,(H2,16,17,18,19). The van der Waals surface area contributed by atoms with Gasteiger partial charge in [0.1, 0.15) is 17.5 Å². The fraction of sp³-hybridized carbons (Fsp3) is 0.733.